The monoisotopic (exact) mass is 797 g/mol. The fourth-order valence-corrected chi connectivity index (χ4v) is 9.22. The van der Waals surface area contributed by atoms with Crippen molar-refractivity contribution >= 4 is 62.8 Å². The summed E-state index contributed by atoms with van der Waals surface area (Å²) in [6, 6.07) is 61.9. The van der Waals surface area contributed by atoms with Crippen LogP contribution >= 0.6 is 0 Å². The molecule has 0 saturated carbocycles. The number of aromatic amines is 2. The van der Waals surface area contributed by atoms with Crippen LogP contribution in [0.3, 0.4) is 0 Å². The van der Waals surface area contributed by atoms with Gasteiger partial charge in [0.05, 0.1) is 22.8 Å². The van der Waals surface area contributed by atoms with Crippen molar-refractivity contribution in [2.45, 2.75) is 6.54 Å². The van der Waals surface area contributed by atoms with Crippen LogP contribution in [0.25, 0.3) is 102 Å². The Hall–Kier alpha value is -8.22. The van der Waals surface area contributed by atoms with Gasteiger partial charge in [-0.2, -0.15) is 0 Å². The van der Waals surface area contributed by atoms with E-state index in [9.17, 15) is 0 Å². The predicted molar refractivity (Wildman–Crippen MR) is 256 cm³/mol. The molecule has 12 rings (SSSR count). The number of fused-ring (bicyclic) bond motifs is 11. The molecule has 2 N–H and O–H groups in total. The number of anilines is 1. The summed E-state index contributed by atoms with van der Waals surface area (Å²) in [6.45, 7) is 1.24. The highest BCUT2D eigenvalue weighted by Gasteiger charge is 2.22. The van der Waals surface area contributed by atoms with Crippen molar-refractivity contribution in [3.05, 3.63) is 204 Å². The first kappa shape index (κ1) is 35.7. The topological polar surface area (TPSA) is 69.8 Å². The van der Waals surface area contributed by atoms with E-state index >= 15 is 0 Å². The zero-order chi connectivity index (χ0) is 41.0. The normalized spacial score (nSPS) is 13.0. The van der Waals surface area contributed by atoms with Crippen molar-refractivity contribution < 1.29 is 4.74 Å². The summed E-state index contributed by atoms with van der Waals surface area (Å²) >= 11 is 0. The summed E-state index contributed by atoms with van der Waals surface area (Å²) in [7, 11) is 0. The maximum atomic E-state index is 6.44. The maximum absolute atomic E-state index is 6.44. The number of aromatic nitrogens is 4. The van der Waals surface area contributed by atoms with Crippen molar-refractivity contribution in [3.8, 4) is 50.3 Å². The molecule has 0 saturated heterocycles. The highest BCUT2D eigenvalue weighted by molar-refractivity contribution is 6.00. The number of rotatable bonds is 5. The number of hydrogen-bond donors (Lipinski definition) is 2. The van der Waals surface area contributed by atoms with Gasteiger partial charge in [0.25, 0.3) is 0 Å². The summed E-state index contributed by atoms with van der Waals surface area (Å²) in [6.07, 6.45) is 8.58. The molecule has 3 aliphatic rings. The van der Waals surface area contributed by atoms with Crippen molar-refractivity contribution in [3.63, 3.8) is 0 Å². The third-order valence-corrected chi connectivity index (χ3v) is 12.1. The molecule has 3 aromatic heterocycles. The van der Waals surface area contributed by atoms with E-state index in [1.807, 2.05) is 0 Å². The van der Waals surface area contributed by atoms with Crippen molar-refractivity contribution in [2.75, 3.05) is 11.6 Å². The Morgan fingerprint density at radius 2 is 0.823 bits per heavy atom. The molecular formula is C56H39N5O. The molecule has 6 aromatic carbocycles. The summed E-state index contributed by atoms with van der Waals surface area (Å²) < 4.78 is 6.44. The molecule has 0 aliphatic carbocycles. The van der Waals surface area contributed by atoms with Crippen molar-refractivity contribution in [1.29, 1.82) is 0 Å². The first-order valence-corrected chi connectivity index (χ1v) is 21.0. The molecule has 6 nitrogen and oxygen atoms in total. The molecule has 62 heavy (non-hydrogen) atoms. The van der Waals surface area contributed by atoms with Crippen LogP contribution in [0.4, 0.5) is 5.69 Å². The second-order valence-electron chi connectivity index (χ2n) is 15.9. The Kier molecular flexibility index (Phi) is 8.52. The van der Waals surface area contributed by atoms with Crippen LogP contribution in [0.15, 0.2) is 176 Å². The molecule has 0 fully saturated rings. The highest BCUT2D eigenvalue weighted by atomic mass is 16.5. The number of H-pyrrole nitrogens is 2. The van der Waals surface area contributed by atoms with E-state index in [1.165, 1.54) is 10.9 Å². The Bertz CT molecular complexity index is 3380. The molecule has 9 aromatic rings. The zero-order valence-corrected chi connectivity index (χ0v) is 33.7. The van der Waals surface area contributed by atoms with Gasteiger partial charge in [0.15, 0.2) is 6.73 Å². The second kappa shape index (κ2) is 14.8. The van der Waals surface area contributed by atoms with E-state index in [0.29, 0.717) is 6.73 Å². The molecule has 0 amide bonds. The Morgan fingerprint density at radius 3 is 1.29 bits per heavy atom. The smallest absolute Gasteiger partial charge is 0.161 e. The van der Waals surface area contributed by atoms with Gasteiger partial charge in [-0.3, -0.25) is 0 Å². The minimum absolute atomic E-state index is 0.476. The fourth-order valence-electron chi connectivity index (χ4n) is 9.22. The standard InChI is InChI=1S/C56H39N5O/c1-4-13-37(14-5-1)52-44-26-28-46(57-44)53(38-15-6-2-7-16-38)48-30-32-50(59-48)55(51-33-31-49(60-51)54(39-17-8-3-9-18-39)47-29-27-45(52)58-47)40-22-24-42(25-23-40)61-34-41-21-20-36-12-10-11-19-43(36)56(41)62-35-61/h1-33,57,60H,34-35H2. The molecule has 3 aliphatic heterocycles. The molecule has 0 spiro atoms. The van der Waals surface area contributed by atoms with Crippen LogP contribution in [-0.2, 0) is 6.54 Å². The lowest BCUT2D eigenvalue weighted by atomic mass is 10.0. The van der Waals surface area contributed by atoms with E-state index in [2.05, 4.69) is 215 Å². The average molecular weight is 798 g/mol. The average Bonchev–Trinajstić information content (AvgIpc) is 4.19. The summed E-state index contributed by atoms with van der Waals surface area (Å²) in [4.78, 5) is 20.9. The first-order valence-electron chi connectivity index (χ1n) is 21.0. The number of nitrogens with zero attached hydrogens (tertiary/aromatic N) is 3. The van der Waals surface area contributed by atoms with Crippen molar-refractivity contribution in [1.82, 2.24) is 19.9 Å². The van der Waals surface area contributed by atoms with Crippen LogP contribution in [0.5, 0.6) is 5.75 Å². The van der Waals surface area contributed by atoms with Crippen LogP contribution in [-0.4, -0.2) is 26.7 Å². The quantitative estimate of drug-likeness (QED) is 0.182. The number of nitrogens with one attached hydrogen (secondary N) is 2. The third kappa shape index (κ3) is 6.20. The number of hydrogen-bond acceptors (Lipinski definition) is 4. The molecule has 0 radical (unpaired) electrons. The number of benzene rings is 6. The van der Waals surface area contributed by atoms with Crippen LogP contribution in [0, 0.1) is 0 Å². The lowest BCUT2D eigenvalue weighted by molar-refractivity contribution is 0.293. The molecule has 6 heterocycles. The SMILES string of the molecule is C1=Cc2nc1c(-c1ccccc1)c1ccc([nH]1)c(-c1ccccc1)c1nc(c(-c3ccc(N4COc5c(ccc6ccccc56)C4)cc3)c3ccc([nH]3)c2-c2ccccc2)C=C1. The van der Waals surface area contributed by atoms with Gasteiger partial charge in [0.1, 0.15) is 5.75 Å². The fraction of sp³-hybridized carbons (Fsp3) is 0.0357. The molecule has 0 atom stereocenters. The molecule has 6 heteroatoms. The largest absolute Gasteiger partial charge is 0.472 e. The van der Waals surface area contributed by atoms with Gasteiger partial charge >= 0.3 is 0 Å². The summed E-state index contributed by atoms with van der Waals surface area (Å²) in [5.74, 6) is 0.982. The number of ether oxygens (including phenoxy) is 1. The van der Waals surface area contributed by atoms with Crippen LogP contribution < -0.4 is 9.64 Å². The minimum atomic E-state index is 0.476. The van der Waals surface area contributed by atoms with E-state index in [4.69, 9.17) is 14.7 Å². The Labute approximate surface area is 358 Å². The lowest BCUT2D eigenvalue weighted by Crippen LogP contribution is -2.31. The second-order valence-corrected chi connectivity index (χ2v) is 15.9. The zero-order valence-electron chi connectivity index (χ0n) is 33.7. The molecule has 8 bridgehead atoms. The van der Waals surface area contributed by atoms with Gasteiger partial charge in [0, 0.05) is 67.5 Å². The Balaban J connectivity index is 1.09. The Morgan fingerprint density at radius 1 is 0.403 bits per heavy atom. The van der Waals surface area contributed by atoms with Crippen LogP contribution in [0.1, 0.15) is 28.3 Å². The van der Waals surface area contributed by atoms with Gasteiger partial charge in [-0.05, 0) is 88.3 Å². The van der Waals surface area contributed by atoms with Gasteiger partial charge in [-0.1, -0.05) is 140 Å². The van der Waals surface area contributed by atoms with Crippen LogP contribution in [0.2, 0.25) is 0 Å². The summed E-state index contributed by atoms with van der Waals surface area (Å²) in [5.41, 5.74) is 18.1. The van der Waals surface area contributed by atoms with E-state index in [0.717, 1.165) is 113 Å². The van der Waals surface area contributed by atoms with Gasteiger partial charge in [0.2, 0.25) is 0 Å². The minimum Gasteiger partial charge on any atom is -0.472 e. The van der Waals surface area contributed by atoms with Crippen molar-refractivity contribution in [2.24, 2.45) is 0 Å². The summed E-state index contributed by atoms with van der Waals surface area (Å²) in [5, 5.41) is 2.35. The molecular weight excluding hydrogens is 759 g/mol. The lowest BCUT2D eigenvalue weighted by Gasteiger charge is -2.31. The highest BCUT2D eigenvalue weighted by Crippen LogP contribution is 2.40. The maximum Gasteiger partial charge on any atom is 0.161 e. The van der Waals surface area contributed by atoms with E-state index < -0.39 is 0 Å². The predicted octanol–water partition coefficient (Wildman–Crippen LogP) is 13.8. The van der Waals surface area contributed by atoms with Gasteiger partial charge < -0.3 is 19.6 Å². The van der Waals surface area contributed by atoms with Gasteiger partial charge in [-0.25, -0.2) is 9.97 Å². The molecule has 0 unspecified atom stereocenters. The first-order chi connectivity index (χ1) is 30.7. The van der Waals surface area contributed by atoms with E-state index in [1.54, 1.807) is 0 Å². The third-order valence-electron chi connectivity index (χ3n) is 12.1. The van der Waals surface area contributed by atoms with E-state index in [-0.39, 0.29) is 0 Å². The van der Waals surface area contributed by atoms with Gasteiger partial charge in [-0.15, -0.1) is 0 Å². The molecule has 294 valence electrons.